The van der Waals surface area contributed by atoms with E-state index in [-0.39, 0.29) is 0 Å². The summed E-state index contributed by atoms with van der Waals surface area (Å²) < 4.78 is 5.48. The number of rotatable bonds is 4. The average molecular weight is 290 g/mol. The lowest BCUT2D eigenvalue weighted by atomic mass is 10.0. The van der Waals surface area contributed by atoms with Crippen LogP contribution in [0.25, 0.3) is 0 Å². The summed E-state index contributed by atoms with van der Waals surface area (Å²) in [6.07, 6.45) is 0. The van der Waals surface area contributed by atoms with Gasteiger partial charge in [0, 0.05) is 33.7 Å². The van der Waals surface area contributed by atoms with Gasteiger partial charge < -0.3 is 15.4 Å². The number of benzene rings is 1. The summed E-state index contributed by atoms with van der Waals surface area (Å²) in [6.45, 7) is 6.53. The fourth-order valence-corrected chi connectivity index (χ4v) is 2.70. The summed E-state index contributed by atoms with van der Waals surface area (Å²) >= 11 is 0. The molecule has 0 saturated carbocycles. The van der Waals surface area contributed by atoms with Crippen LogP contribution in [0.5, 0.6) is 0 Å². The Morgan fingerprint density at radius 3 is 2.76 bits per heavy atom. The molecular formula is C16H26N4O. The molecule has 0 aliphatic carbocycles. The van der Waals surface area contributed by atoms with E-state index in [1.165, 1.54) is 11.1 Å². The topological polar surface area (TPSA) is 48.9 Å². The number of aliphatic imine (C=N–C) groups is 1. The van der Waals surface area contributed by atoms with E-state index in [2.05, 4.69) is 51.7 Å². The Hall–Kier alpha value is -1.59. The van der Waals surface area contributed by atoms with E-state index in [1.807, 2.05) is 7.05 Å². The Morgan fingerprint density at radius 1 is 1.38 bits per heavy atom. The maximum atomic E-state index is 5.48. The second-order valence-corrected chi connectivity index (χ2v) is 5.28. The van der Waals surface area contributed by atoms with E-state index in [0.29, 0.717) is 6.04 Å². The zero-order chi connectivity index (χ0) is 15.1. The molecule has 0 amide bonds. The van der Waals surface area contributed by atoms with Crippen molar-refractivity contribution in [1.82, 2.24) is 15.5 Å². The molecule has 0 aromatic heterocycles. The van der Waals surface area contributed by atoms with E-state index in [0.717, 1.165) is 38.8 Å². The van der Waals surface area contributed by atoms with Gasteiger partial charge in [-0.25, -0.2) is 0 Å². The molecule has 1 aromatic carbocycles. The maximum Gasteiger partial charge on any atom is 0.190 e. The fourth-order valence-electron chi connectivity index (χ4n) is 2.70. The van der Waals surface area contributed by atoms with Crippen LogP contribution in [0.2, 0.25) is 0 Å². The second kappa shape index (κ2) is 8.00. The first-order valence-corrected chi connectivity index (χ1v) is 7.51. The molecule has 1 saturated heterocycles. The van der Waals surface area contributed by atoms with Gasteiger partial charge in [-0.3, -0.25) is 9.89 Å². The van der Waals surface area contributed by atoms with Gasteiger partial charge in [0.25, 0.3) is 0 Å². The van der Waals surface area contributed by atoms with Crippen LogP contribution in [0.3, 0.4) is 0 Å². The van der Waals surface area contributed by atoms with Crippen molar-refractivity contribution in [2.24, 2.45) is 4.99 Å². The predicted molar refractivity (Wildman–Crippen MR) is 86.7 cm³/mol. The van der Waals surface area contributed by atoms with Gasteiger partial charge >= 0.3 is 0 Å². The molecule has 0 bridgehead atoms. The van der Waals surface area contributed by atoms with Crippen molar-refractivity contribution in [3.63, 3.8) is 0 Å². The molecule has 5 nitrogen and oxygen atoms in total. The number of nitrogens with one attached hydrogen (secondary N) is 2. The molecule has 1 aliphatic heterocycles. The number of hydrogen-bond donors (Lipinski definition) is 2. The molecule has 1 heterocycles. The minimum absolute atomic E-state index is 0.332. The third-order valence-corrected chi connectivity index (χ3v) is 3.84. The average Bonchev–Trinajstić information content (AvgIpc) is 2.52. The first kappa shape index (κ1) is 15.8. The van der Waals surface area contributed by atoms with Crippen LogP contribution >= 0.6 is 0 Å². The zero-order valence-electron chi connectivity index (χ0n) is 13.2. The van der Waals surface area contributed by atoms with Crippen LogP contribution in [0, 0.1) is 6.92 Å². The smallest absolute Gasteiger partial charge is 0.190 e. The molecule has 1 aliphatic rings. The highest BCUT2D eigenvalue weighted by molar-refractivity contribution is 5.79. The van der Waals surface area contributed by atoms with Gasteiger partial charge in [0.1, 0.15) is 0 Å². The van der Waals surface area contributed by atoms with E-state index >= 15 is 0 Å². The van der Waals surface area contributed by atoms with Crippen molar-refractivity contribution in [2.75, 3.05) is 46.9 Å². The number of nitrogens with zero attached hydrogens (tertiary/aromatic N) is 2. The van der Waals surface area contributed by atoms with Gasteiger partial charge in [-0.15, -0.1) is 0 Å². The van der Waals surface area contributed by atoms with Crippen LogP contribution in [-0.4, -0.2) is 57.8 Å². The summed E-state index contributed by atoms with van der Waals surface area (Å²) in [4.78, 5) is 6.67. The van der Waals surface area contributed by atoms with Gasteiger partial charge in [-0.2, -0.15) is 0 Å². The fraction of sp³-hybridized carbons (Fsp3) is 0.562. The molecule has 2 N–H and O–H groups in total. The minimum atomic E-state index is 0.332. The number of morpholine rings is 1. The Morgan fingerprint density at radius 2 is 2.14 bits per heavy atom. The lowest BCUT2D eigenvalue weighted by molar-refractivity contribution is 0.0170. The summed E-state index contributed by atoms with van der Waals surface area (Å²) in [5.74, 6) is 0.820. The van der Waals surface area contributed by atoms with Crippen molar-refractivity contribution in [1.29, 1.82) is 0 Å². The third kappa shape index (κ3) is 4.44. The molecule has 116 valence electrons. The van der Waals surface area contributed by atoms with E-state index < -0.39 is 0 Å². The number of aryl methyl sites for hydroxylation is 1. The van der Waals surface area contributed by atoms with Crippen LogP contribution in [0.15, 0.2) is 29.3 Å². The highest BCUT2D eigenvalue weighted by Crippen LogP contribution is 2.22. The molecular weight excluding hydrogens is 264 g/mol. The first-order valence-electron chi connectivity index (χ1n) is 7.51. The highest BCUT2D eigenvalue weighted by atomic mass is 16.5. The Bertz CT molecular complexity index is 469. The molecule has 1 aromatic rings. The normalized spacial score (nSPS) is 18.3. The van der Waals surface area contributed by atoms with Gasteiger partial charge in [0.05, 0.1) is 19.3 Å². The summed E-state index contributed by atoms with van der Waals surface area (Å²) in [7, 11) is 3.67. The van der Waals surface area contributed by atoms with Gasteiger partial charge in [-0.1, -0.05) is 29.8 Å². The number of hydrogen-bond acceptors (Lipinski definition) is 3. The summed E-state index contributed by atoms with van der Waals surface area (Å²) in [5, 5.41) is 6.46. The maximum absolute atomic E-state index is 5.48. The van der Waals surface area contributed by atoms with Crippen molar-refractivity contribution in [2.45, 2.75) is 13.0 Å². The summed E-state index contributed by atoms with van der Waals surface area (Å²) in [6, 6.07) is 9.07. The van der Waals surface area contributed by atoms with Gasteiger partial charge in [0.15, 0.2) is 5.96 Å². The zero-order valence-corrected chi connectivity index (χ0v) is 13.2. The number of ether oxygens (including phenoxy) is 1. The molecule has 1 fully saturated rings. The van der Waals surface area contributed by atoms with Crippen LogP contribution in [-0.2, 0) is 4.74 Å². The molecule has 5 heteroatoms. The molecule has 1 unspecified atom stereocenters. The van der Waals surface area contributed by atoms with Crippen molar-refractivity contribution in [3.8, 4) is 0 Å². The van der Waals surface area contributed by atoms with Crippen LogP contribution in [0.4, 0.5) is 0 Å². The minimum Gasteiger partial charge on any atom is -0.379 e. The Labute approximate surface area is 127 Å². The molecule has 2 rings (SSSR count). The molecule has 0 spiro atoms. The lowest BCUT2D eigenvalue weighted by Crippen LogP contribution is -2.45. The van der Waals surface area contributed by atoms with Crippen LogP contribution < -0.4 is 10.6 Å². The third-order valence-electron chi connectivity index (χ3n) is 3.84. The van der Waals surface area contributed by atoms with E-state index in [9.17, 15) is 0 Å². The lowest BCUT2D eigenvalue weighted by Gasteiger charge is -2.35. The Balaban J connectivity index is 2.13. The van der Waals surface area contributed by atoms with Crippen LogP contribution in [0.1, 0.15) is 17.2 Å². The highest BCUT2D eigenvalue weighted by Gasteiger charge is 2.22. The number of guanidine groups is 1. The van der Waals surface area contributed by atoms with Gasteiger partial charge in [0.2, 0.25) is 0 Å². The van der Waals surface area contributed by atoms with E-state index in [1.54, 1.807) is 7.05 Å². The monoisotopic (exact) mass is 290 g/mol. The summed E-state index contributed by atoms with van der Waals surface area (Å²) in [5.41, 5.74) is 2.64. The van der Waals surface area contributed by atoms with Crippen molar-refractivity contribution >= 4 is 5.96 Å². The molecule has 21 heavy (non-hydrogen) atoms. The van der Waals surface area contributed by atoms with Gasteiger partial charge in [-0.05, 0) is 12.5 Å². The second-order valence-electron chi connectivity index (χ2n) is 5.28. The van der Waals surface area contributed by atoms with Crippen molar-refractivity contribution in [3.05, 3.63) is 35.4 Å². The van der Waals surface area contributed by atoms with Crippen molar-refractivity contribution < 1.29 is 4.74 Å². The standard InChI is InChI=1S/C16H26N4O/c1-13-5-4-6-14(11-13)15(12-19-16(17-2)18-3)20-7-9-21-10-8-20/h4-6,11,15H,7-10,12H2,1-3H3,(H2,17,18,19). The predicted octanol–water partition coefficient (Wildman–Crippen LogP) is 1.16. The SMILES string of the molecule is CN=C(NC)NCC(c1cccc(C)c1)N1CCOCC1. The molecule has 0 radical (unpaired) electrons. The quantitative estimate of drug-likeness (QED) is 0.645. The first-order chi connectivity index (χ1) is 10.2. The largest absolute Gasteiger partial charge is 0.379 e. The van der Waals surface area contributed by atoms with E-state index in [4.69, 9.17) is 4.74 Å². The molecule has 1 atom stereocenters. The Kier molecular flexibility index (Phi) is 6.02.